The first-order valence-corrected chi connectivity index (χ1v) is 9.08. The predicted octanol–water partition coefficient (Wildman–Crippen LogP) is 6.58. The molecule has 0 aliphatic carbocycles. The van der Waals surface area contributed by atoms with Gasteiger partial charge in [0.1, 0.15) is 5.82 Å². The van der Waals surface area contributed by atoms with Crippen molar-refractivity contribution in [1.82, 2.24) is 4.98 Å². The molecular weight excluding hydrogens is 377 g/mol. The fraction of sp³-hybridized carbons (Fsp3) is 0.0455. The Hall–Kier alpha value is -3.31. The Morgan fingerprint density at radius 1 is 0.929 bits per heavy atom. The molecule has 0 aliphatic rings. The first kappa shape index (κ1) is 18.1. The smallest absolute Gasteiger partial charge is 0.323 e. The minimum atomic E-state index is -0.353. The molecule has 0 unspecified atom stereocenters. The van der Waals surface area contributed by atoms with Crippen molar-refractivity contribution >= 4 is 39.9 Å². The summed E-state index contributed by atoms with van der Waals surface area (Å²) in [5, 5.41) is 6.95. The molecule has 0 atom stereocenters. The largest absolute Gasteiger partial charge is 0.355 e. The molecule has 0 saturated heterocycles. The molecule has 0 aliphatic heterocycles. The third-order valence-corrected chi connectivity index (χ3v) is 4.87. The summed E-state index contributed by atoms with van der Waals surface area (Å²) in [5.74, 6) is -0.265. The van der Waals surface area contributed by atoms with E-state index in [9.17, 15) is 9.18 Å². The van der Waals surface area contributed by atoms with E-state index in [1.165, 1.54) is 12.1 Å². The Balaban J connectivity index is 1.46. The number of rotatable bonds is 3. The maximum atomic E-state index is 13.4. The molecule has 4 aromatic rings. The molecule has 0 spiro atoms. The Morgan fingerprint density at radius 3 is 2.39 bits per heavy atom. The Labute approximate surface area is 166 Å². The highest BCUT2D eigenvalue weighted by molar-refractivity contribution is 6.31. The second-order valence-electron chi connectivity index (χ2n) is 6.54. The summed E-state index contributed by atoms with van der Waals surface area (Å²) in [6, 6.07) is 18.9. The Kier molecular flexibility index (Phi) is 4.75. The van der Waals surface area contributed by atoms with Crippen molar-refractivity contribution in [3.05, 3.63) is 83.1 Å². The van der Waals surface area contributed by atoms with E-state index in [-0.39, 0.29) is 11.8 Å². The van der Waals surface area contributed by atoms with E-state index in [1.54, 1.807) is 18.2 Å². The number of fused-ring (bicyclic) bond motifs is 1. The number of anilines is 2. The van der Waals surface area contributed by atoms with Crippen LogP contribution in [0.25, 0.3) is 22.2 Å². The molecule has 0 fully saturated rings. The maximum Gasteiger partial charge on any atom is 0.323 e. The number of aromatic nitrogens is 1. The summed E-state index contributed by atoms with van der Waals surface area (Å²) in [6.45, 7) is 1.90. The van der Waals surface area contributed by atoms with Crippen LogP contribution < -0.4 is 10.6 Å². The van der Waals surface area contributed by atoms with Gasteiger partial charge >= 0.3 is 6.03 Å². The molecule has 140 valence electrons. The number of urea groups is 1. The van der Waals surface area contributed by atoms with Crippen LogP contribution in [0.1, 0.15) is 5.56 Å². The van der Waals surface area contributed by atoms with Gasteiger partial charge in [0, 0.05) is 33.0 Å². The SMILES string of the molecule is Cc1ccc(NC(=O)Nc2ccc(-c3cc4cc(F)ccc4[nH]3)cc2)cc1Cl. The molecule has 6 heteroatoms. The molecule has 1 heterocycles. The Bertz CT molecular complexity index is 1170. The fourth-order valence-electron chi connectivity index (χ4n) is 2.96. The van der Waals surface area contributed by atoms with Crippen LogP contribution in [0, 0.1) is 12.7 Å². The average molecular weight is 394 g/mol. The van der Waals surface area contributed by atoms with Crippen LogP contribution in [-0.4, -0.2) is 11.0 Å². The third-order valence-electron chi connectivity index (χ3n) is 4.47. The van der Waals surface area contributed by atoms with Crippen LogP contribution in [0.2, 0.25) is 5.02 Å². The molecule has 28 heavy (non-hydrogen) atoms. The van der Waals surface area contributed by atoms with Crippen molar-refractivity contribution in [3.63, 3.8) is 0 Å². The van der Waals surface area contributed by atoms with Crippen molar-refractivity contribution in [2.24, 2.45) is 0 Å². The van der Waals surface area contributed by atoms with Crippen molar-refractivity contribution in [2.45, 2.75) is 6.92 Å². The summed E-state index contributed by atoms with van der Waals surface area (Å²) in [6.07, 6.45) is 0. The molecule has 1 aromatic heterocycles. The first-order chi connectivity index (χ1) is 13.5. The first-order valence-electron chi connectivity index (χ1n) is 8.71. The van der Waals surface area contributed by atoms with Gasteiger partial charge in [-0.05, 0) is 66.6 Å². The second-order valence-corrected chi connectivity index (χ2v) is 6.94. The lowest BCUT2D eigenvalue weighted by molar-refractivity contribution is 0.262. The van der Waals surface area contributed by atoms with Gasteiger partial charge in [-0.25, -0.2) is 9.18 Å². The highest BCUT2D eigenvalue weighted by Gasteiger charge is 2.07. The van der Waals surface area contributed by atoms with Crippen molar-refractivity contribution < 1.29 is 9.18 Å². The van der Waals surface area contributed by atoms with Crippen LogP contribution in [0.15, 0.2) is 66.7 Å². The van der Waals surface area contributed by atoms with Gasteiger partial charge in [-0.2, -0.15) is 0 Å². The van der Waals surface area contributed by atoms with E-state index in [1.807, 2.05) is 43.3 Å². The van der Waals surface area contributed by atoms with E-state index >= 15 is 0 Å². The second kappa shape index (κ2) is 7.37. The van der Waals surface area contributed by atoms with Gasteiger partial charge in [0.25, 0.3) is 0 Å². The minimum Gasteiger partial charge on any atom is -0.355 e. The number of aromatic amines is 1. The molecule has 0 radical (unpaired) electrons. The van der Waals surface area contributed by atoms with Gasteiger partial charge in [-0.15, -0.1) is 0 Å². The normalized spacial score (nSPS) is 10.8. The zero-order chi connectivity index (χ0) is 19.7. The zero-order valence-electron chi connectivity index (χ0n) is 15.0. The van der Waals surface area contributed by atoms with Crippen molar-refractivity contribution in [2.75, 3.05) is 10.6 Å². The fourth-order valence-corrected chi connectivity index (χ4v) is 3.14. The van der Waals surface area contributed by atoms with Gasteiger partial charge in [-0.3, -0.25) is 0 Å². The monoisotopic (exact) mass is 393 g/mol. The van der Waals surface area contributed by atoms with Crippen LogP contribution >= 0.6 is 11.6 Å². The molecule has 3 aromatic carbocycles. The van der Waals surface area contributed by atoms with Crippen LogP contribution in [-0.2, 0) is 0 Å². The number of nitrogens with one attached hydrogen (secondary N) is 3. The van der Waals surface area contributed by atoms with Crippen LogP contribution in [0.5, 0.6) is 0 Å². The number of hydrogen-bond acceptors (Lipinski definition) is 1. The summed E-state index contributed by atoms with van der Waals surface area (Å²) in [7, 11) is 0. The van der Waals surface area contributed by atoms with E-state index in [0.29, 0.717) is 16.4 Å². The maximum absolute atomic E-state index is 13.4. The number of carbonyl (C=O) groups excluding carboxylic acids is 1. The number of hydrogen-bond donors (Lipinski definition) is 3. The molecule has 3 N–H and O–H groups in total. The quantitative estimate of drug-likeness (QED) is 0.361. The summed E-state index contributed by atoms with van der Waals surface area (Å²) < 4.78 is 13.4. The Morgan fingerprint density at radius 2 is 1.64 bits per heavy atom. The predicted molar refractivity (Wildman–Crippen MR) is 113 cm³/mol. The highest BCUT2D eigenvalue weighted by Crippen LogP contribution is 2.26. The van der Waals surface area contributed by atoms with Gasteiger partial charge in [0.15, 0.2) is 0 Å². The third kappa shape index (κ3) is 3.85. The number of aryl methyl sites for hydroxylation is 1. The lowest BCUT2D eigenvalue weighted by atomic mass is 10.1. The van der Waals surface area contributed by atoms with E-state index < -0.39 is 0 Å². The van der Waals surface area contributed by atoms with E-state index in [4.69, 9.17) is 11.6 Å². The summed E-state index contributed by atoms with van der Waals surface area (Å²) in [4.78, 5) is 15.4. The summed E-state index contributed by atoms with van der Waals surface area (Å²) in [5.41, 5.74) is 4.91. The van der Waals surface area contributed by atoms with Gasteiger partial charge in [0.05, 0.1) is 0 Å². The molecule has 0 saturated carbocycles. The highest BCUT2D eigenvalue weighted by atomic mass is 35.5. The van der Waals surface area contributed by atoms with Crippen LogP contribution in [0.4, 0.5) is 20.6 Å². The lowest BCUT2D eigenvalue weighted by Gasteiger charge is -2.09. The van der Waals surface area contributed by atoms with Crippen molar-refractivity contribution in [1.29, 1.82) is 0 Å². The number of amides is 2. The van der Waals surface area contributed by atoms with Crippen molar-refractivity contribution in [3.8, 4) is 11.3 Å². The van der Waals surface area contributed by atoms with Crippen LogP contribution in [0.3, 0.4) is 0 Å². The van der Waals surface area contributed by atoms with Gasteiger partial charge < -0.3 is 15.6 Å². The number of H-pyrrole nitrogens is 1. The lowest BCUT2D eigenvalue weighted by Crippen LogP contribution is -2.19. The topological polar surface area (TPSA) is 56.9 Å². The molecule has 0 bridgehead atoms. The van der Waals surface area contributed by atoms with E-state index in [2.05, 4.69) is 15.6 Å². The number of benzene rings is 3. The van der Waals surface area contributed by atoms with E-state index in [0.717, 1.165) is 27.7 Å². The minimum absolute atomic E-state index is 0.265. The molecular formula is C22H17ClFN3O. The molecule has 4 nitrogen and oxygen atoms in total. The zero-order valence-corrected chi connectivity index (χ0v) is 15.8. The van der Waals surface area contributed by atoms with Gasteiger partial charge in [-0.1, -0.05) is 29.8 Å². The number of halogens is 2. The molecule has 2 amide bonds. The van der Waals surface area contributed by atoms with Gasteiger partial charge in [0.2, 0.25) is 0 Å². The standard InChI is InChI=1S/C22H17ClFN3O/c1-13-2-6-18(12-19(13)23)26-22(28)25-17-7-3-14(4-8-17)21-11-15-10-16(24)5-9-20(15)27-21/h2-12,27H,1H3,(H2,25,26,28). The summed E-state index contributed by atoms with van der Waals surface area (Å²) >= 11 is 6.08. The number of carbonyl (C=O) groups is 1. The molecule has 4 rings (SSSR count). The average Bonchev–Trinajstić information content (AvgIpc) is 3.08.